The Balaban J connectivity index is 2.38. The Labute approximate surface area is 99.5 Å². The predicted molar refractivity (Wildman–Crippen MR) is 65.8 cm³/mol. The van der Waals surface area contributed by atoms with Gasteiger partial charge in [0.05, 0.1) is 5.69 Å². The van der Waals surface area contributed by atoms with Crippen LogP contribution < -0.4 is 4.90 Å². The number of hydrogen-bond donors (Lipinski definition) is 1. The molecule has 0 aromatic heterocycles. The van der Waals surface area contributed by atoms with E-state index in [0.717, 1.165) is 17.0 Å². The second kappa shape index (κ2) is 4.89. The number of fused-ring (bicyclic) bond motifs is 1. The average Bonchev–Trinajstić information content (AvgIpc) is 2.46. The molecule has 0 bridgehead atoms. The third-order valence-electron chi connectivity index (χ3n) is 2.68. The van der Waals surface area contributed by atoms with Gasteiger partial charge in [-0.25, -0.2) is 0 Å². The fourth-order valence-corrected chi connectivity index (χ4v) is 2.94. The van der Waals surface area contributed by atoms with Crippen LogP contribution >= 0.6 is 11.8 Å². The van der Waals surface area contributed by atoms with Gasteiger partial charge in [0.15, 0.2) is 0 Å². The molecule has 1 aliphatic heterocycles. The molecule has 0 fully saturated rings. The maximum atomic E-state index is 11.7. The SMILES string of the molecule is CC1CCN(C(=O)CO)c2ccccc2S1. The molecule has 1 heterocycles. The van der Waals surface area contributed by atoms with Gasteiger partial charge in [-0.1, -0.05) is 19.1 Å². The summed E-state index contributed by atoms with van der Waals surface area (Å²) in [4.78, 5) is 14.5. The molecule has 3 nitrogen and oxygen atoms in total. The number of hydrogen-bond acceptors (Lipinski definition) is 3. The van der Waals surface area contributed by atoms with Crippen LogP contribution in [0.1, 0.15) is 13.3 Å². The van der Waals surface area contributed by atoms with E-state index in [1.54, 1.807) is 16.7 Å². The van der Waals surface area contributed by atoms with Gasteiger partial charge in [0.1, 0.15) is 6.61 Å². The van der Waals surface area contributed by atoms with Gasteiger partial charge in [-0.2, -0.15) is 0 Å². The van der Waals surface area contributed by atoms with Crippen LogP contribution in [-0.2, 0) is 4.79 Å². The number of aliphatic hydroxyl groups excluding tert-OH is 1. The second-order valence-electron chi connectivity index (χ2n) is 3.89. The van der Waals surface area contributed by atoms with E-state index in [1.807, 2.05) is 24.3 Å². The van der Waals surface area contributed by atoms with Crippen molar-refractivity contribution in [1.82, 2.24) is 0 Å². The molecule has 0 saturated carbocycles. The molecule has 16 heavy (non-hydrogen) atoms. The van der Waals surface area contributed by atoms with Crippen LogP contribution in [0.15, 0.2) is 29.2 Å². The van der Waals surface area contributed by atoms with Crippen molar-refractivity contribution in [1.29, 1.82) is 0 Å². The lowest BCUT2D eigenvalue weighted by atomic mass is 10.2. The molecular weight excluding hydrogens is 222 g/mol. The van der Waals surface area contributed by atoms with Crippen molar-refractivity contribution >= 4 is 23.4 Å². The van der Waals surface area contributed by atoms with Crippen molar-refractivity contribution in [3.8, 4) is 0 Å². The van der Waals surface area contributed by atoms with E-state index in [9.17, 15) is 4.79 Å². The Morgan fingerprint density at radius 2 is 2.31 bits per heavy atom. The van der Waals surface area contributed by atoms with E-state index < -0.39 is 6.61 Å². The van der Waals surface area contributed by atoms with Crippen molar-refractivity contribution in [2.75, 3.05) is 18.1 Å². The third-order valence-corrected chi connectivity index (χ3v) is 3.92. The summed E-state index contributed by atoms with van der Waals surface area (Å²) in [7, 11) is 0. The Morgan fingerprint density at radius 3 is 3.06 bits per heavy atom. The Bertz CT molecular complexity index is 394. The van der Waals surface area contributed by atoms with Crippen LogP contribution in [0.2, 0.25) is 0 Å². The normalized spacial score (nSPS) is 20.1. The van der Waals surface area contributed by atoms with Crippen molar-refractivity contribution in [3.05, 3.63) is 24.3 Å². The number of benzene rings is 1. The highest BCUT2D eigenvalue weighted by molar-refractivity contribution is 8.00. The van der Waals surface area contributed by atoms with Gasteiger partial charge in [-0.05, 0) is 18.6 Å². The lowest BCUT2D eigenvalue weighted by Gasteiger charge is -2.21. The van der Waals surface area contributed by atoms with Gasteiger partial charge in [0, 0.05) is 16.7 Å². The number of para-hydroxylation sites is 1. The summed E-state index contributed by atoms with van der Waals surface area (Å²) < 4.78 is 0. The number of amides is 1. The average molecular weight is 237 g/mol. The zero-order valence-electron chi connectivity index (χ0n) is 9.22. The number of thioether (sulfide) groups is 1. The molecule has 4 heteroatoms. The molecule has 0 radical (unpaired) electrons. The first-order chi connectivity index (χ1) is 7.72. The van der Waals surface area contributed by atoms with Crippen LogP contribution in [0.25, 0.3) is 0 Å². The second-order valence-corrected chi connectivity index (χ2v) is 5.37. The minimum absolute atomic E-state index is 0.220. The van der Waals surface area contributed by atoms with E-state index in [-0.39, 0.29) is 5.91 Å². The van der Waals surface area contributed by atoms with Gasteiger partial charge in [0.25, 0.3) is 5.91 Å². The zero-order valence-corrected chi connectivity index (χ0v) is 10.0. The van der Waals surface area contributed by atoms with Gasteiger partial charge >= 0.3 is 0 Å². The summed E-state index contributed by atoms with van der Waals surface area (Å²) in [5.74, 6) is -0.220. The summed E-state index contributed by atoms with van der Waals surface area (Å²) in [6.07, 6.45) is 0.949. The Kier molecular flexibility index (Phi) is 3.51. The Morgan fingerprint density at radius 1 is 1.56 bits per heavy atom. The van der Waals surface area contributed by atoms with E-state index in [4.69, 9.17) is 5.11 Å². The molecule has 1 aliphatic rings. The smallest absolute Gasteiger partial charge is 0.252 e. The van der Waals surface area contributed by atoms with Gasteiger partial charge in [-0.3, -0.25) is 4.79 Å². The standard InChI is InChI=1S/C12H15NO2S/c1-9-6-7-13(12(15)8-14)10-4-2-3-5-11(10)16-9/h2-5,9,14H,6-8H2,1H3. The summed E-state index contributed by atoms with van der Waals surface area (Å²) in [5.41, 5.74) is 0.927. The number of carbonyl (C=O) groups excluding carboxylic acids is 1. The molecule has 1 atom stereocenters. The van der Waals surface area contributed by atoms with Crippen molar-refractivity contribution in [2.24, 2.45) is 0 Å². The fraction of sp³-hybridized carbons (Fsp3) is 0.417. The highest BCUT2D eigenvalue weighted by Crippen LogP contribution is 2.37. The van der Waals surface area contributed by atoms with Gasteiger partial charge in [-0.15, -0.1) is 11.8 Å². The minimum Gasteiger partial charge on any atom is -0.387 e. The molecule has 0 aliphatic carbocycles. The largest absolute Gasteiger partial charge is 0.387 e. The van der Waals surface area contributed by atoms with Crippen molar-refractivity contribution < 1.29 is 9.90 Å². The predicted octanol–water partition coefficient (Wildman–Crippen LogP) is 1.90. The first kappa shape index (κ1) is 11.5. The van der Waals surface area contributed by atoms with Crippen LogP contribution in [-0.4, -0.2) is 29.4 Å². The maximum Gasteiger partial charge on any atom is 0.252 e. The molecule has 86 valence electrons. The van der Waals surface area contributed by atoms with Gasteiger partial charge in [0.2, 0.25) is 0 Å². The van der Waals surface area contributed by atoms with Crippen LogP contribution in [0, 0.1) is 0 Å². The lowest BCUT2D eigenvalue weighted by molar-refractivity contribution is -0.121. The molecular formula is C12H15NO2S. The third kappa shape index (κ3) is 2.23. The topological polar surface area (TPSA) is 40.5 Å². The highest BCUT2D eigenvalue weighted by Gasteiger charge is 2.23. The number of rotatable bonds is 1. The summed E-state index contributed by atoms with van der Waals surface area (Å²) >= 11 is 1.79. The minimum atomic E-state index is -0.423. The van der Waals surface area contributed by atoms with Crippen LogP contribution in [0.5, 0.6) is 0 Å². The molecule has 1 aromatic carbocycles. The first-order valence-corrected chi connectivity index (χ1v) is 6.27. The van der Waals surface area contributed by atoms with E-state index in [2.05, 4.69) is 6.92 Å². The zero-order chi connectivity index (χ0) is 11.5. The van der Waals surface area contributed by atoms with E-state index in [0.29, 0.717) is 11.8 Å². The highest BCUT2D eigenvalue weighted by atomic mass is 32.2. The van der Waals surface area contributed by atoms with Gasteiger partial charge < -0.3 is 10.0 Å². The number of nitrogens with zero attached hydrogens (tertiary/aromatic N) is 1. The van der Waals surface area contributed by atoms with Crippen molar-refractivity contribution in [2.45, 2.75) is 23.5 Å². The van der Waals surface area contributed by atoms with Crippen LogP contribution in [0.3, 0.4) is 0 Å². The molecule has 1 aromatic rings. The fourth-order valence-electron chi connectivity index (χ4n) is 1.83. The Hall–Kier alpha value is -1.00. The summed E-state index contributed by atoms with van der Waals surface area (Å²) in [5, 5.41) is 9.47. The maximum absolute atomic E-state index is 11.7. The van der Waals surface area contributed by atoms with E-state index in [1.165, 1.54) is 0 Å². The molecule has 1 unspecified atom stereocenters. The molecule has 0 spiro atoms. The van der Waals surface area contributed by atoms with E-state index >= 15 is 0 Å². The number of aliphatic hydroxyl groups is 1. The number of carbonyl (C=O) groups is 1. The summed E-state index contributed by atoms with van der Waals surface area (Å²) in [6.45, 7) is 2.42. The van der Waals surface area contributed by atoms with Crippen LogP contribution in [0.4, 0.5) is 5.69 Å². The quantitative estimate of drug-likeness (QED) is 0.811. The molecule has 0 saturated heterocycles. The summed E-state index contributed by atoms with van der Waals surface area (Å²) in [6, 6.07) is 7.87. The molecule has 2 rings (SSSR count). The monoisotopic (exact) mass is 237 g/mol. The first-order valence-electron chi connectivity index (χ1n) is 5.39. The molecule has 1 amide bonds. The lowest BCUT2D eigenvalue weighted by Crippen LogP contribution is -2.34. The molecule has 1 N–H and O–H groups in total. The van der Waals surface area contributed by atoms with Crippen molar-refractivity contribution in [3.63, 3.8) is 0 Å². The number of anilines is 1.